The lowest BCUT2D eigenvalue weighted by atomic mass is 9.92. The molecule has 1 heterocycles. The zero-order valence-corrected chi connectivity index (χ0v) is 13.2. The fraction of sp³-hybridized carbons (Fsp3) is 0.353. The minimum absolute atomic E-state index is 0.0574. The molecule has 1 aromatic carbocycles. The van der Waals surface area contributed by atoms with Crippen LogP contribution in [0.3, 0.4) is 0 Å². The first-order chi connectivity index (χ1) is 11.0. The summed E-state index contributed by atoms with van der Waals surface area (Å²) in [4.78, 5) is 35.8. The van der Waals surface area contributed by atoms with E-state index >= 15 is 0 Å². The van der Waals surface area contributed by atoms with Crippen molar-refractivity contribution in [1.29, 1.82) is 0 Å². The summed E-state index contributed by atoms with van der Waals surface area (Å²) >= 11 is 0. The van der Waals surface area contributed by atoms with Gasteiger partial charge in [-0.2, -0.15) is 0 Å². The van der Waals surface area contributed by atoms with E-state index in [0.717, 1.165) is 0 Å². The molecular formula is C17H18O6. The van der Waals surface area contributed by atoms with E-state index in [1.54, 1.807) is 25.1 Å². The molecule has 0 N–H and O–H groups in total. The maximum absolute atomic E-state index is 12.1. The number of carbonyl (C=O) groups excluding carboxylic acids is 3. The van der Waals surface area contributed by atoms with Gasteiger partial charge in [0.1, 0.15) is 17.6 Å². The molecule has 1 aromatic rings. The second kappa shape index (κ2) is 7.09. The lowest BCUT2D eigenvalue weighted by molar-refractivity contribution is -0.164. The van der Waals surface area contributed by atoms with Gasteiger partial charge in [0.25, 0.3) is 0 Å². The number of rotatable bonds is 5. The molecule has 1 aliphatic heterocycles. The van der Waals surface area contributed by atoms with Crippen LogP contribution in [-0.4, -0.2) is 37.9 Å². The van der Waals surface area contributed by atoms with Gasteiger partial charge in [0.2, 0.25) is 0 Å². The molecule has 6 heteroatoms. The zero-order chi connectivity index (χ0) is 17.0. The third-order valence-electron chi connectivity index (χ3n) is 3.52. The molecule has 2 atom stereocenters. The average molecular weight is 318 g/mol. The highest BCUT2D eigenvalue weighted by Crippen LogP contribution is 2.26. The quantitative estimate of drug-likeness (QED) is 0.468. The van der Waals surface area contributed by atoms with Crippen LogP contribution in [0.2, 0.25) is 0 Å². The molecular weight excluding hydrogens is 300 g/mol. The van der Waals surface area contributed by atoms with Gasteiger partial charge in [-0.25, -0.2) is 0 Å². The molecule has 1 aliphatic rings. The topological polar surface area (TPSA) is 78.9 Å². The van der Waals surface area contributed by atoms with E-state index in [9.17, 15) is 14.4 Å². The first-order valence-corrected chi connectivity index (χ1v) is 7.13. The number of carbonyl (C=O) groups is 3. The summed E-state index contributed by atoms with van der Waals surface area (Å²) in [5.74, 6) is -2.03. The Balaban J connectivity index is 2.18. The highest BCUT2D eigenvalue weighted by atomic mass is 16.5. The van der Waals surface area contributed by atoms with Crippen LogP contribution in [0.4, 0.5) is 0 Å². The van der Waals surface area contributed by atoms with Crippen LogP contribution in [0.25, 0.3) is 6.08 Å². The Morgan fingerprint density at radius 2 is 2.00 bits per heavy atom. The second-order valence-electron chi connectivity index (χ2n) is 5.19. The maximum Gasteiger partial charge on any atom is 0.324 e. The molecule has 2 unspecified atom stereocenters. The average Bonchev–Trinajstić information content (AvgIpc) is 2.51. The van der Waals surface area contributed by atoms with E-state index in [4.69, 9.17) is 14.2 Å². The fourth-order valence-electron chi connectivity index (χ4n) is 2.34. The van der Waals surface area contributed by atoms with E-state index in [-0.39, 0.29) is 6.42 Å². The van der Waals surface area contributed by atoms with Crippen molar-refractivity contribution in [1.82, 2.24) is 0 Å². The van der Waals surface area contributed by atoms with Gasteiger partial charge in [0.15, 0.2) is 17.5 Å². The normalized spacial score (nSPS) is 21.2. The van der Waals surface area contributed by atoms with Crippen molar-refractivity contribution in [2.45, 2.75) is 19.4 Å². The minimum atomic E-state index is -1.37. The highest BCUT2D eigenvalue weighted by Gasteiger charge is 2.39. The number of benzene rings is 1. The van der Waals surface area contributed by atoms with Crippen molar-refractivity contribution in [3.8, 4) is 11.5 Å². The standard InChI is InChI=1S/C17H18O6/c1-10-8-14(19)16(17(20)23-10)13(18)7-5-11-4-6-12(21-2)9-15(11)22-3/h4-7,9-10,16H,8H2,1-3H3. The first kappa shape index (κ1) is 16.7. The lowest BCUT2D eigenvalue weighted by Crippen LogP contribution is -2.41. The number of ketones is 2. The predicted octanol–water partition coefficient (Wildman–Crippen LogP) is 1.81. The third kappa shape index (κ3) is 3.77. The summed E-state index contributed by atoms with van der Waals surface area (Å²) in [7, 11) is 3.03. The Kier molecular flexibility index (Phi) is 5.16. The number of methoxy groups -OCH3 is 2. The summed E-state index contributed by atoms with van der Waals surface area (Å²) in [6, 6.07) is 5.10. The molecule has 0 radical (unpaired) electrons. The summed E-state index contributed by atoms with van der Waals surface area (Å²) < 4.78 is 15.3. The summed E-state index contributed by atoms with van der Waals surface area (Å²) in [6.07, 6.45) is 2.27. The highest BCUT2D eigenvalue weighted by molar-refractivity contribution is 6.22. The molecule has 0 spiro atoms. The molecule has 122 valence electrons. The van der Waals surface area contributed by atoms with Crippen LogP contribution in [0.15, 0.2) is 24.3 Å². The van der Waals surface area contributed by atoms with Crippen LogP contribution >= 0.6 is 0 Å². The maximum atomic E-state index is 12.1. The molecule has 0 bridgehead atoms. The van der Waals surface area contributed by atoms with E-state index in [0.29, 0.717) is 17.1 Å². The molecule has 0 aromatic heterocycles. The van der Waals surface area contributed by atoms with E-state index in [1.807, 2.05) is 0 Å². The minimum Gasteiger partial charge on any atom is -0.497 e. The molecule has 0 aliphatic carbocycles. The number of esters is 1. The Morgan fingerprint density at radius 1 is 1.26 bits per heavy atom. The molecule has 23 heavy (non-hydrogen) atoms. The Morgan fingerprint density at radius 3 is 2.61 bits per heavy atom. The van der Waals surface area contributed by atoms with Crippen molar-refractivity contribution in [2.24, 2.45) is 5.92 Å². The summed E-state index contributed by atoms with van der Waals surface area (Å²) in [5, 5.41) is 0. The van der Waals surface area contributed by atoms with Gasteiger partial charge in [-0.15, -0.1) is 0 Å². The van der Waals surface area contributed by atoms with Crippen molar-refractivity contribution >= 4 is 23.6 Å². The van der Waals surface area contributed by atoms with Gasteiger partial charge in [-0.3, -0.25) is 14.4 Å². The smallest absolute Gasteiger partial charge is 0.324 e. The number of Topliss-reactive ketones (excluding diaryl/α,β-unsaturated/α-hetero) is 1. The zero-order valence-electron chi connectivity index (χ0n) is 13.2. The van der Waals surface area contributed by atoms with Gasteiger partial charge in [-0.05, 0) is 31.2 Å². The van der Waals surface area contributed by atoms with Gasteiger partial charge >= 0.3 is 5.97 Å². The monoisotopic (exact) mass is 318 g/mol. The summed E-state index contributed by atoms with van der Waals surface area (Å²) in [5.41, 5.74) is 0.631. The SMILES string of the molecule is COc1ccc(C=CC(=O)C2C(=O)CC(C)OC2=O)c(OC)c1. The lowest BCUT2D eigenvalue weighted by Gasteiger charge is -2.22. The molecule has 2 rings (SSSR count). The molecule has 0 saturated carbocycles. The number of hydrogen-bond acceptors (Lipinski definition) is 6. The second-order valence-corrected chi connectivity index (χ2v) is 5.19. The van der Waals surface area contributed by atoms with Gasteiger partial charge in [0, 0.05) is 18.1 Å². The molecule has 1 fully saturated rings. The Hall–Kier alpha value is -2.63. The van der Waals surface area contributed by atoms with E-state index < -0.39 is 29.6 Å². The predicted molar refractivity (Wildman–Crippen MR) is 82.3 cm³/mol. The van der Waals surface area contributed by atoms with Crippen molar-refractivity contribution in [2.75, 3.05) is 14.2 Å². The van der Waals surface area contributed by atoms with Crippen LogP contribution in [0.1, 0.15) is 18.9 Å². The van der Waals surface area contributed by atoms with E-state index in [2.05, 4.69) is 0 Å². The van der Waals surface area contributed by atoms with Crippen LogP contribution in [-0.2, 0) is 19.1 Å². The van der Waals surface area contributed by atoms with Crippen LogP contribution < -0.4 is 9.47 Å². The third-order valence-corrected chi connectivity index (χ3v) is 3.52. The molecule has 0 amide bonds. The van der Waals surface area contributed by atoms with Crippen molar-refractivity contribution in [3.05, 3.63) is 29.8 Å². The number of hydrogen-bond donors (Lipinski definition) is 0. The van der Waals surface area contributed by atoms with Gasteiger partial charge < -0.3 is 14.2 Å². The number of allylic oxidation sites excluding steroid dienone is 1. The van der Waals surface area contributed by atoms with Crippen LogP contribution in [0, 0.1) is 5.92 Å². The fourth-order valence-corrected chi connectivity index (χ4v) is 2.34. The Bertz CT molecular complexity index is 643. The molecule has 1 saturated heterocycles. The number of cyclic esters (lactones) is 1. The van der Waals surface area contributed by atoms with Gasteiger partial charge in [0.05, 0.1) is 14.2 Å². The molecule has 6 nitrogen and oxygen atoms in total. The van der Waals surface area contributed by atoms with E-state index in [1.165, 1.54) is 26.4 Å². The summed E-state index contributed by atoms with van der Waals surface area (Å²) in [6.45, 7) is 1.62. The van der Waals surface area contributed by atoms with Crippen molar-refractivity contribution < 1.29 is 28.6 Å². The largest absolute Gasteiger partial charge is 0.497 e. The van der Waals surface area contributed by atoms with Crippen molar-refractivity contribution in [3.63, 3.8) is 0 Å². The van der Waals surface area contributed by atoms with Crippen LogP contribution in [0.5, 0.6) is 11.5 Å². The Labute approximate surface area is 134 Å². The van der Waals surface area contributed by atoms with Gasteiger partial charge in [-0.1, -0.05) is 0 Å². The first-order valence-electron chi connectivity index (χ1n) is 7.13. The number of ether oxygens (including phenoxy) is 3.